The quantitative estimate of drug-likeness (QED) is 0.598. The third kappa shape index (κ3) is 1.09. The van der Waals surface area contributed by atoms with Gasteiger partial charge in [0.05, 0.1) is 0 Å². The molecule has 0 unspecified atom stereocenters. The summed E-state index contributed by atoms with van der Waals surface area (Å²) in [6.45, 7) is 4.78. The molecule has 0 aromatic heterocycles. The Bertz CT molecular complexity index is 146. The molecule has 0 aromatic rings. The molecule has 64 valence electrons. The van der Waals surface area contributed by atoms with Gasteiger partial charge in [-0.25, -0.2) is 0 Å². The monoisotopic (exact) mass is 154 g/mol. The minimum Gasteiger partial charge on any atom is -0.315 e. The van der Waals surface area contributed by atoms with Gasteiger partial charge in [0.15, 0.2) is 0 Å². The van der Waals surface area contributed by atoms with Gasteiger partial charge in [-0.05, 0) is 32.4 Å². The second-order valence-corrected chi connectivity index (χ2v) is 3.95. The molecule has 2 heterocycles. The molecule has 2 saturated heterocycles. The zero-order valence-corrected chi connectivity index (χ0v) is 7.51. The van der Waals surface area contributed by atoms with E-state index < -0.39 is 0 Å². The highest BCUT2D eigenvalue weighted by Crippen LogP contribution is 2.31. The smallest absolute Gasteiger partial charge is 0.0261 e. The zero-order chi connectivity index (χ0) is 7.84. The first-order chi connectivity index (χ1) is 5.33. The third-order valence-corrected chi connectivity index (χ3v) is 3.45. The second kappa shape index (κ2) is 2.76. The summed E-state index contributed by atoms with van der Waals surface area (Å²) in [6, 6.07) is 1.71. The number of likely N-dealkylation sites (N-methyl/N-ethyl adjacent to an activating group) is 1. The van der Waals surface area contributed by atoms with Crippen LogP contribution in [0, 0.1) is 5.92 Å². The molecule has 0 bridgehead atoms. The van der Waals surface area contributed by atoms with E-state index in [0.29, 0.717) is 0 Å². The molecule has 2 rings (SSSR count). The number of nitrogens with one attached hydrogen (secondary N) is 1. The summed E-state index contributed by atoms with van der Waals surface area (Å²) in [5.74, 6) is 0.949. The number of hydrogen-bond acceptors (Lipinski definition) is 2. The van der Waals surface area contributed by atoms with Crippen molar-refractivity contribution in [2.45, 2.75) is 31.8 Å². The summed E-state index contributed by atoms with van der Waals surface area (Å²) in [4.78, 5) is 2.57. The Balaban J connectivity index is 2.04. The standard InChI is InChI=1S/C9H18N2/c1-3-8-4-7-5-10-6-9(7)11(8)2/h7-10H,3-6H2,1-2H3/t7-,8-,9+/m1/s1. The highest BCUT2D eigenvalue weighted by Gasteiger charge is 2.40. The normalized spacial score (nSPS) is 44.7. The van der Waals surface area contributed by atoms with Crippen LogP contribution in [0.15, 0.2) is 0 Å². The molecule has 0 aliphatic carbocycles. The SMILES string of the molecule is CC[C@@H]1C[C@@H]2CNC[C@@H]2N1C. The largest absolute Gasteiger partial charge is 0.315 e. The van der Waals surface area contributed by atoms with Gasteiger partial charge >= 0.3 is 0 Å². The van der Waals surface area contributed by atoms with Gasteiger partial charge in [-0.15, -0.1) is 0 Å². The number of hydrogen-bond donors (Lipinski definition) is 1. The van der Waals surface area contributed by atoms with E-state index in [1.165, 1.54) is 25.9 Å². The van der Waals surface area contributed by atoms with Crippen molar-refractivity contribution in [3.63, 3.8) is 0 Å². The molecule has 2 heteroatoms. The first kappa shape index (κ1) is 7.56. The average Bonchev–Trinajstić information content (AvgIpc) is 2.53. The topological polar surface area (TPSA) is 15.3 Å². The minimum atomic E-state index is 0.847. The van der Waals surface area contributed by atoms with Crippen molar-refractivity contribution < 1.29 is 0 Å². The maximum absolute atomic E-state index is 3.46. The highest BCUT2D eigenvalue weighted by atomic mass is 15.2. The molecule has 2 fully saturated rings. The maximum atomic E-state index is 3.46. The van der Waals surface area contributed by atoms with E-state index in [2.05, 4.69) is 24.2 Å². The maximum Gasteiger partial charge on any atom is 0.0261 e. The van der Waals surface area contributed by atoms with Crippen molar-refractivity contribution in [1.29, 1.82) is 0 Å². The lowest BCUT2D eigenvalue weighted by Gasteiger charge is -2.23. The van der Waals surface area contributed by atoms with Crippen molar-refractivity contribution in [3.8, 4) is 0 Å². The zero-order valence-electron chi connectivity index (χ0n) is 7.51. The van der Waals surface area contributed by atoms with Gasteiger partial charge in [0.1, 0.15) is 0 Å². The number of nitrogens with zero attached hydrogens (tertiary/aromatic N) is 1. The first-order valence-electron chi connectivity index (χ1n) is 4.75. The molecular weight excluding hydrogens is 136 g/mol. The molecule has 2 aliphatic heterocycles. The van der Waals surface area contributed by atoms with Gasteiger partial charge in [0, 0.05) is 18.6 Å². The Hall–Kier alpha value is -0.0800. The fourth-order valence-corrected chi connectivity index (χ4v) is 2.68. The van der Waals surface area contributed by atoms with Gasteiger partial charge < -0.3 is 5.32 Å². The van der Waals surface area contributed by atoms with Gasteiger partial charge in [-0.1, -0.05) is 6.92 Å². The van der Waals surface area contributed by atoms with E-state index in [1.54, 1.807) is 0 Å². The molecule has 1 N–H and O–H groups in total. The summed E-state index contributed by atoms with van der Waals surface area (Å²) >= 11 is 0. The summed E-state index contributed by atoms with van der Waals surface area (Å²) in [7, 11) is 2.28. The second-order valence-electron chi connectivity index (χ2n) is 3.95. The van der Waals surface area contributed by atoms with E-state index in [9.17, 15) is 0 Å². The lowest BCUT2D eigenvalue weighted by molar-refractivity contribution is 0.238. The van der Waals surface area contributed by atoms with E-state index in [4.69, 9.17) is 0 Å². The van der Waals surface area contributed by atoms with Crippen molar-refractivity contribution >= 4 is 0 Å². The van der Waals surface area contributed by atoms with Crippen molar-refractivity contribution in [2.24, 2.45) is 5.92 Å². The fourth-order valence-electron chi connectivity index (χ4n) is 2.68. The van der Waals surface area contributed by atoms with Crippen molar-refractivity contribution in [1.82, 2.24) is 10.2 Å². The van der Waals surface area contributed by atoms with Crippen LogP contribution in [-0.2, 0) is 0 Å². The van der Waals surface area contributed by atoms with Crippen LogP contribution in [0.1, 0.15) is 19.8 Å². The Labute approximate surface area is 69.0 Å². The lowest BCUT2D eigenvalue weighted by atomic mass is 10.0. The van der Waals surface area contributed by atoms with Crippen LogP contribution >= 0.6 is 0 Å². The Morgan fingerprint density at radius 3 is 2.91 bits per heavy atom. The number of likely N-dealkylation sites (tertiary alicyclic amines) is 1. The van der Waals surface area contributed by atoms with Crippen molar-refractivity contribution in [3.05, 3.63) is 0 Å². The molecule has 0 spiro atoms. The molecule has 2 aliphatic rings. The summed E-state index contributed by atoms with van der Waals surface area (Å²) in [5.41, 5.74) is 0. The Morgan fingerprint density at radius 1 is 1.45 bits per heavy atom. The Morgan fingerprint density at radius 2 is 2.27 bits per heavy atom. The van der Waals surface area contributed by atoms with Gasteiger partial charge in [0.2, 0.25) is 0 Å². The van der Waals surface area contributed by atoms with Gasteiger partial charge in [-0.2, -0.15) is 0 Å². The van der Waals surface area contributed by atoms with Crippen molar-refractivity contribution in [2.75, 3.05) is 20.1 Å². The van der Waals surface area contributed by atoms with E-state index in [1.807, 2.05) is 0 Å². The average molecular weight is 154 g/mol. The third-order valence-electron chi connectivity index (χ3n) is 3.45. The number of rotatable bonds is 1. The molecule has 0 saturated carbocycles. The van der Waals surface area contributed by atoms with Crippen LogP contribution in [-0.4, -0.2) is 37.1 Å². The summed E-state index contributed by atoms with van der Waals surface area (Å²) in [6.07, 6.45) is 2.74. The van der Waals surface area contributed by atoms with Crippen LogP contribution in [0.5, 0.6) is 0 Å². The fraction of sp³-hybridized carbons (Fsp3) is 1.00. The molecule has 0 radical (unpaired) electrons. The molecular formula is C9H18N2. The predicted molar refractivity (Wildman–Crippen MR) is 46.6 cm³/mol. The van der Waals surface area contributed by atoms with Crippen LogP contribution in [0.4, 0.5) is 0 Å². The first-order valence-corrected chi connectivity index (χ1v) is 4.75. The van der Waals surface area contributed by atoms with Crippen LogP contribution in [0.25, 0.3) is 0 Å². The van der Waals surface area contributed by atoms with Crippen LogP contribution < -0.4 is 5.32 Å². The number of fused-ring (bicyclic) bond motifs is 1. The molecule has 2 nitrogen and oxygen atoms in total. The van der Waals surface area contributed by atoms with Gasteiger partial charge in [-0.3, -0.25) is 4.90 Å². The molecule has 0 aromatic carbocycles. The Kier molecular flexibility index (Phi) is 1.90. The molecule has 11 heavy (non-hydrogen) atoms. The predicted octanol–water partition coefficient (Wildman–Crippen LogP) is 0.688. The van der Waals surface area contributed by atoms with E-state index >= 15 is 0 Å². The van der Waals surface area contributed by atoms with Crippen LogP contribution in [0.2, 0.25) is 0 Å². The summed E-state index contributed by atoms with van der Waals surface area (Å²) < 4.78 is 0. The van der Waals surface area contributed by atoms with Crippen LogP contribution in [0.3, 0.4) is 0 Å². The molecule has 0 amide bonds. The summed E-state index contributed by atoms with van der Waals surface area (Å²) in [5, 5.41) is 3.46. The van der Waals surface area contributed by atoms with E-state index in [0.717, 1.165) is 18.0 Å². The van der Waals surface area contributed by atoms with Gasteiger partial charge in [0.25, 0.3) is 0 Å². The molecule has 3 atom stereocenters. The highest BCUT2D eigenvalue weighted by molar-refractivity contribution is 4.97. The lowest BCUT2D eigenvalue weighted by Crippen LogP contribution is -2.35. The van der Waals surface area contributed by atoms with E-state index in [-0.39, 0.29) is 0 Å². The minimum absolute atomic E-state index is 0.847.